The van der Waals surface area contributed by atoms with Crippen molar-refractivity contribution in [3.05, 3.63) is 36.2 Å². The SMILES string of the molecule is [2H]c1c([2H])c([2H])c2c(C(C)(C)C)[n+](C)cnc2c1[2H]. The molecule has 1 aromatic heterocycles. The van der Waals surface area contributed by atoms with E-state index in [2.05, 4.69) is 4.98 Å². The Hall–Kier alpha value is -1.44. The van der Waals surface area contributed by atoms with Crippen LogP contribution in [0.2, 0.25) is 0 Å². The van der Waals surface area contributed by atoms with E-state index in [4.69, 9.17) is 5.48 Å². The van der Waals surface area contributed by atoms with Gasteiger partial charge in [-0.3, -0.25) is 0 Å². The number of aromatic nitrogens is 2. The lowest BCUT2D eigenvalue weighted by Gasteiger charge is -2.19. The summed E-state index contributed by atoms with van der Waals surface area (Å²) in [5, 5.41) is 0.503. The van der Waals surface area contributed by atoms with Crippen molar-refractivity contribution in [2.75, 3.05) is 0 Å². The Balaban J connectivity index is 3.10. The van der Waals surface area contributed by atoms with Gasteiger partial charge in [0, 0.05) is 5.41 Å². The number of rotatable bonds is 0. The smallest absolute Gasteiger partial charge is 0.236 e. The fourth-order valence-electron chi connectivity index (χ4n) is 1.86. The third kappa shape index (κ3) is 1.72. The maximum atomic E-state index is 8.10. The number of para-hydroxylation sites is 1. The zero-order valence-electron chi connectivity index (χ0n) is 13.5. The highest BCUT2D eigenvalue weighted by molar-refractivity contribution is 5.80. The number of hydrogen-bond donors (Lipinski definition) is 0. The summed E-state index contributed by atoms with van der Waals surface area (Å²) in [6.07, 6.45) is 1.60. The summed E-state index contributed by atoms with van der Waals surface area (Å²) < 4.78 is 33.4. The monoisotopic (exact) mass is 205 g/mol. The second-order valence-corrected chi connectivity index (χ2v) is 4.68. The molecule has 15 heavy (non-hydrogen) atoms. The first-order valence-electron chi connectivity index (χ1n) is 6.91. The molecule has 0 aliphatic rings. The van der Waals surface area contributed by atoms with Gasteiger partial charge in [0.2, 0.25) is 0 Å². The van der Waals surface area contributed by atoms with Crippen molar-refractivity contribution < 1.29 is 10.1 Å². The van der Waals surface area contributed by atoms with E-state index in [0.29, 0.717) is 10.9 Å². The topological polar surface area (TPSA) is 16.8 Å². The van der Waals surface area contributed by atoms with Crippen molar-refractivity contribution in [3.8, 4) is 0 Å². The largest absolute Gasteiger partial charge is 0.286 e. The summed E-state index contributed by atoms with van der Waals surface area (Å²) in [6.45, 7) is 6.05. The van der Waals surface area contributed by atoms with Crippen LogP contribution in [0.15, 0.2) is 30.5 Å². The molecule has 1 aromatic carbocycles. The average Bonchev–Trinajstić information content (AvgIpc) is 2.31. The fourth-order valence-corrected chi connectivity index (χ4v) is 1.86. The summed E-state index contributed by atoms with van der Waals surface area (Å²) in [5.74, 6) is 0. The Bertz CT molecular complexity index is 675. The van der Waals surface area contributed by atoms with Crippen LogP contribution < -0.4 is 4.57 Å². The minimum absolute atomic E-state index is 0.0235. The lowest BCUT2D eigenvalue weighted by molar-refractivity contribution is -0.683. The first-order valence-corrected chi connectivity index (χ1v) is 4.91. The molecule has 2 aromatic rings. The van der Waals surface area contributed by atoms with Gasteiger partial charge in [0.1, 0.15) is 5.69 Å². The molecule has 2 nitrogen and oxygen atoms in total. The molecule has 1 heterocycles. The quantitative estimate of drug-likeness (QED) is 0.603. The van der Waals surface area contributed by atoms with Gasteiger partial charge in [-0.2, -0.15) is 0 Å². The van der Waals surface area contributed by atoms with E-state index in [1.165, 1.54) is 0 Å². The van der Waals surface area contributed by atoms with E-state index in [-0.39, 0.29) is 29.6 Å². The second-order valence-electron chi connectivity index (χ2n) is 4.68. The number of aryl methyl sites for hydroxylation is 1. The Morgan fingerprint density at radius 1 is 1.27 bits per heavy atom. The van der Waals surface area contributed by atoms with Gasteiger partial charge in [0.25, 0.3) is 6.33 Å². The molecule has 0 radical (unpaired) electrons. The Kier molecular flexibility index (Phi) is 1.37. The van der Waals surface area contributed by atoms with Crippen molar-refractivity contribution in [1.82, 2.24) is 4.98 Å². The van der Waals surface area contributed by atoms with Crippen LogP contribution in [0.25, 0.3) is 10.9 Å². The van der Waals surface area contributed by atoms with Crippen molar-refractivity contribution in [2.24, 2.45) is 7.05 Å². The molecule has 0 saturated heterocycles. The Labute approximate surface area is 96.2 Å². The predicted molar refractivity (Wildman–Crippen MR) is 61.6 cm³/mol. The van der Waals surface area contributed by atoms with Gasteiger partial charge in [-0.15, -0.1) is 0 Å². The summed E-state index contributed by atoms with van der Waals surface area (Å²) in [4.78, 5) is 4.17. The van der Waals surface area contributed by atoms with E-state index in [1.54, 1.807) is 6.33 Å². The van der Waals surface area contributed by atoms with Crippen LogP contribution in [0.5, 0.6) is 0 Å². The van der Waals surface area contributed by atoms with Crippen LogP contribution in [0.4, 0.5) is 0 Å². The second kappa shape index (κ2) is 3.30. The van der Waals surface area contributed by atoms with Crippen molar-refractivity contribution in [3.63, 3.8) is 0 Å². The zero-order chi connectivity index (χ0) is 14.5. The molecule has 2 heteroatoms. The van der Waals surface area contributed by atoms with Crippen molar-refractivity contribution in [2.45, 2.75) is 26.2 Å². The summed E-state index contributed by atoms with van der Waals surface area (Å²) in [7, 11) is 1.84. The molecular formula is C13H17N2+. The highest BCUT2D eigenvalue weighted by Gasteiger charge is 2.24. The van der Waals surface area contributed by atoms with E-state index in [0.717, 1.165) is 5.69 Å². The standard InChI is InChI=1S/C13H17N2/c1-13(2,3)12-10-7-5-6-8-11(10)14-9-15(12)4/h5-9H,1-4H3/q+1/i5D,6D,7D,8D. The van der Waals surface area contributed by atoms with Gasteiger partial charge < -0.3 is 0 Å². The lowest BCUT2D eigenvalue weighted by atomic mass is 9.89. The lowest BCUT2D eigenvalue weighted by Crippen LogP contribution is -2.40. The average molecular weight is 205 g/mol. The summed E-state index contributed by atoms with van der Waals surface area (Å²) >= 11 is 0. The van der Waals surface area contributed by atoms with E-state index >= 15 is 0 Å². The molecule has 0 amide bonds. The van der Waals surface area contributed by atoms with Crippen LogP contribution in [0.3, 0.4) is 0 Å². The van der Waals surface area contributed by atoms with Gasteiger partial charge in [-0.25, -0.2) is 4.57 Å². The van der Waals surface area contributed by atoms with Crippen molar-refractivity contribution in [1.29, 1.82) is 0 Å². The maximum absolute atomic E-state index is 8.10. The van der Waals surface area contributed by atoms with E-state index in [9.17, 15) is 0 Å². The molecule has 0 bridgehead atoms. The van der Waals surface area contributed by atoms with Crippen LogP contribution >= 0.6 is 0 Å². The van der Waals surface area contributed by atoms with E-state index in [1.807, 2.05) is 32.4 Å². The predicted octanol–water partition coefficient (Wildman–Crippen LogP) is 2.36. The van der Waals surface area contributed by atoms with E-state index < -0.39 is 0 Å². The normalized spacial score (nSPS) is 15.7. The molecule has 0 N–H and O–H groups in total. The van der Waals surface area contributed by atoms with Crippen molar-refractivity contribution >= 4 is 10.9 Å². The number of benzene rings is 1. The first-order chi connectivity index (χ1) is 8.66. The molecular weight excluding hydrogens is 184 g/mol. The zero-order valence-corrected chi connectivity index (χ0v) is 9.47. The number of fused-ring (bicyclic) bond motifs is 1. The molecule has 2 rings (SSSR count). The maximum Gasteiger partial charge on any atom is 0.286 e. The summed E-state index contributed by atoms with van der Waals surface area (Å²) in [5.41, 5.74) is 0.937. The van der Waals surface area contributed by atoms with Crippen LogP contribution in [0, 0.1) is 0 Å². The fraction of sp³-hybridized carbons (Fsp3) is 0.385. The minimum Gasteiger partial charge on any atom is -0.236 e. The number of hydrogen-bond acceptors (Lipinski definition) is 1. The molecule has 0 spiro atoms. The molecule has 0 atom stereocenters. The molecule has 0 fully saturated rings. The highest BCUT2D eigenvalue weighted by Crippen LogP contribution is 2.25. The van der Waals surface area contributed by atoms with Crippen LogP contribution in [-0.4, -0.2) is 4.98 Å². The highest BCUT2D eigenvalue weighted by atomic mass is 15.0. The molecule has 0 unspecified atom stereocenters. The minimum atomic E-state index is -0.242. The first kappa shape index (κ1) is 6.21. The third-order valence-corrected chi connectivity index (χ3v) is 2.33. The molecule has 0 saturated carbocycles. The molecule has 78 valence electrons. The number of nitrogens with zero attached hydrogens (tertiary/aromatic N) is 2. The van der Waals surface area contributed by atoms with Gasteiger partial charge >= 0.3 is 0 Å². The Morgan fingerprint density at radius 2 is 1.93 bits per heavy atom. The molecule has 0 aliphatic carbocycles. The van der Waals surface area contributed by atoms with Gasteiger partial charge in [0.15, 0.2) is 5.52 Å². The van der Waals surface area contributed by atoms with Gasteiger partial charge in [-0.05, 0) is 17.1 Å². The van der Waals surface area contributed by atoms with Crippen LogP contribution in [-0.2, 0) is 12.5 Å². The Morgan fingerprint density at radius 3 is 2.60 bits per heavy atom. The summed E-state index contributed by atoms with van der Waals surface area (Å²) in [6, 6.07) is -0.554. The van der Waals surface area contributed by atoms with Gasteiger partial charge in [0.05, 0.1) is 17.9 Å². The molecule has 0 aliphatic heterocycles. The third-order valence-electron chi connectivity index (χ3n) is 2.33. The van der Waals surface area contributed by atoms with Gasteiger partial charge in [-0.1, -0.05) is 32.9 Å². The van der Waals surface area contributed by atoms with Crippen LogP contribution in [0.1, 0.15) is 31.9 Å².